The molecule has 1 aliphatic carbocycles. The molecule has 0 bridgehead atoms. The lowest BCUT2D eigenvalue weighted by molar-refractivity contribution is -0.139. The van der Waals surface area contributed by atoms with Gasteiger partial charge in [0.05, 0.1) is 16.5 Å². The van der Waals surface area contributed by atoms with Crippen LogP contribution in [0, 0.1) is 5.41 Å². The second-order valence-electron chi connectivity index (χ2n) is 10.3. The van der Waals surface area contributed by atoms with Gasteiger partial charge in [0, 0.05) is 45.0 Å². The van der Waals surface area contributed by atoms with Crippen molar-refractivity contribution in [2.75, 3.05) is 37.6 Å². The Labute approximate surface area is 205 Å². The van der Waals surface area contributed by atoms with Gasteiger partial charge in [-0.1, -0.05) is 17.7 Å². The van der Waals surface area contributed by atoms with Crippen molar-refractivity contribution >= 4 is 35.0 Å². The zero-order chi connectivity index (χ0) is 23.9. The van der Waals surface area contributed by atoms with Gasteiger partial charge >= 0.3 is 6.09 Å². The van der Waals surface area contributed by atoms with E-state index in [9.17, 15) is 14.7 Å². The zero-order valence-corrected chi connectivity index (χ0v) is 20.2. The molecular formula is C25H33ClN4O4. The van der Waals surface area contributed by atoms with Crippen LogP contribution in [0.5, 0.6) is 0 Å². The first-order valence-electron chi connectivity index (χ1n) is 12.4. The van der Waals surface area contributed by atoms with E-state index in [0.717, 1.165) is 75.0 Å². The maximum absolute atomic E-state index is 13.6. The van der Waals surface area contributed by atoms with Gasteiger partial charge in [0.25, 0.3) is 0 Å². The van der Waals surface area contributed by atoms with Crippen LogP contribution in [0.1, 0.15) is 56.9 Å². The van der Waals surface area contributed by atoms with E-state index in [2.05, 4.69) is 9.80 Å². The third-order valence-electron chi connectivity index (χ3n) is 8.20. The fourth-order valence-electron chi connectivity index (χ4n) is 6.20. The van der Waals surface area contributed by atoms with Crippen LogP contribution in [0.25, 0.3) is 5.57 Å². The number of likely N-dealkylation sites (tertiary alicyclic amines) is 1. The number of aromatic nitrogens is 1. The maximum atomic E-state index is 13.6. The Balaban J connectivity index is 1.29. The molecule has 184 valence electrons. The molecule has 0 radical (unpaired) electrons. The molecular weight excluding hydrogens is 456 g/mol. The van der Waals surface area contributed by atoms with Gasteiger partial charge < -0.3 is 24.9 Å². The molecule has 1 saturated carbocycles. The van der Waals surface area contributed by atoms with Crippen molar-refractivity contribution in [1.82, 2.24) is 14.8 Å². The lowest BCUT2D eigenvalue weighted by Gasteiger charge is -2.41. The maximum Gasteiger partial charge on any atom is 0.407 e. The topological polar surface area (TPSA) is 97.2 Å². The molecule has 4 heterocycles. The highest BCUT2D eigenvalue weighted by atomic mass is 35.5. The van der Waals surface area contributed by atoms with Gasteiger partial charge in [-0.05, 0) is 68.6 Å². The van der Waals surface area contributed by atoms with Crippen molar-refractivity contribution in [3.63, 3.8) is 0 Å². The van der Waals surface area contributed by atoms with Crippen LogP contribution in [0.4, 0.5) is 10.6 Å². The van der Waals surface area contributed by atoms with E-state index in [1.807, 2.05) is 18.3 Å². The first kappa shape index (κ1) is 23.4. The normalized spacial score (nSPS) is 30.1. The summed E-state index contributed by atoms with van der Waals surface area (Å²) < 4.78 is 0. The SMILES string of the molecule is O=C(O)N1CC=C(c2cnc(N3CCC[C@]4(CCN([C@H]5CC[C@H](O)CC5)C4=O)C3)c(Cl)c2)CC1. The molecule has 4 aliphatic rings. The van der Waals surface area contributed by atoms with E-state index in [1.54, 1.807) is 0 Å². The molecule has 3 aliphatic heterocycles. The molecule has 1 spiro atoms. The van der Waals surface area contributed by atoms with Crippen LogP contribution in [0.2, 0.25) is 5.02 Å². The van der Waals surface area contributed by atoms with Crippen molar-refractivity contribution < 1.29 is 19.8 Å². The van der Waals surface area contributed by atoms with Gasteiger partial charge in [-0.25, -0.2) is 9.78 Å². The number of hydrogen-bond donors (Lipinski definition) is 2. The van der Waals surface area contributed by atoms with Crippen LogP contribution >= 0.6 is 11.6 Å². The Kier molecular flexibility index (Phi) is 6.46. The molecule has 1 aromatic rings. The minimum absolute atomic E-state index is 0.218. The Morgan fingerprint density at radius 3 is 2.62 bits per heavy atom. The summed E-state index contributed by atoms with van der Waals surface area (Å²) in [5.74, 6) is 0.988. The number of anilines is 1. The van der Waals surface area contributed by atoms with Crippen molar-refractivity contribution in [2.24, 2.45) is 5.41 Å². The molecule has 8 nitrogen and oxygen atoms in total. The Hall–Kier alpha value is -2.32. The molecule has 0 aromatic carbocycles. The average molecular weight is 489 g/mol. The summed E-state index contributed by atoms with van der Waals surface area (Å²) in [5, 5.41) is 19.6. The van der Waals surface area contributed by atoms with Gasteiger partial charge in [-0.2, -0.15) is 0 Å². The number of rotatable bonds is 3. The third-order valence-corrected chi connectivity index (χ3v) is 8.48. The number of piperidine rings is 1. The predicted molar refractivity (Wildman–Crippen MR) is 130 cm³/mol. The number of carboxylic acid groups (broad SMARTS) is 1. The van der Waals surface area contributed by atoms with Gasteiger partial charge in [0.2, 0.25) is 5.91 Å². The van der Waals surface area contributed by atoms with Crippen molar-refractivity contribution in [2.45, 2.75) is 63.5 Å². The van der Waals surface area contributed by atoms with E-state index < -0.39 is 6.09 Å². The van der Waals surface area contributed by atoms with Crippen LogP contribution in [-0.4, -0.2) is 81.9 Å². The third kappa shape index (κ3) is 4.38. The zero-order valence-electron chi connectivity index (χ0n) is 19.5. The standard InChI is InChI=1S/C25H33ClN4O4/c26-21-14-18(17-6-11-28(12-7-17)24(33)34)15-27-22(21)29-10-1-8-25(16-29)9-13-30(23(25)32)19-2-4-20(31)5-3-19/h6,14-15,19-20,31H,1-5,7-13,16H2,(H,33,34)/t19-,20-,25-/m0/s1. The molecule has 0 unspecified atom stereocenters. The summed E-state index contributed by atoms with van der Waals surface area (Å²) in [5.41, 5.74) is 1.62. The number of nitrogens with zero attached hydrogens (tertiary/aromatic N) is 4. The monoisotopic (exact) mass is 488 g/mol. The fraction of sp³-hybridized carbons (Fsp3) is 0.640. The number of carbonyl (C=O) groups is 2. The van der Waals surface area contributed by atoms with Gasteiger partial charge in [0.1, 0.15) is 5.82 Å². The summed E-state index contributed by atoms with van der Waals surface area (Å²) in [6.07, 6.45) is 9.31. The number of aliphatic hydroxyl groups is 1. The molecule has 3 fully saturated rings. The van der Waals surface area contributed by atoms with Crippen molar-refractivity contribution in [1.29, 1.82) is 0 Å². The predicted octanol–water partition coefficient (Wildman–Crippen LogP) is 3.62. The minimum Gasteiger partial charge on any atom is -0.465 e. The summed E-state index contributed by atoms with van der Waals surface area (Å²) in [4.78, 5) is 35.1. The van der Waals surface area contributed by atoms with Crippen LogP contribution in [0.15, 0.2) is 18.3 Å². The molecule has 2 N–H and O–H groups in total. The molecule has 1 aromatic heterocycles. The van der Waals surface area contributed by atoms with E-state index in [4.69, 9.17) is 21.7 Å². The number of carbonyl (C=O) groups excluding carboxylic acids is 1. The van der Waals surface area contributed by atoms with Crippen LogP contribution < -0.4 is 4.90 Å². The van der Waals surface area contributed by atoms with Gasteiger partial charge in [0.15, 0.2) is 0 Å². The lowest BCUT2D eigenvalue weighted by atomic mass is 9.78. The van der Waals surface area contributed by atoms with Crippen molar-refractivity contribution in [3.8, 4) is 0 Å². The Morgan fingerprint density at radius 1 is 1.15 bits per heavy atom. The number of amides is 2. The van der Waals surface area contributed by atoms with Crippen molar-refractivity contribution in [3.05, 3.63) is 28.9 Å². The number of halogens is 1. The summed E-state index contributed by atoms with van der Waals surface area (Å²) >= 11 is 6.70. The molecule has 1 atom stereocenters. The summed E-state index contributed by atoms with van der Waals surface area (Å²) in [7, 11) is 0. The first-order chi connectivity index (χ1) is 16.4. The van der Waals surface area contributed by atoms with E-state index in [1.165, 1.54) is 4.90 Å². The quantitative estimate of drug-likeness (QED) is 0.674. The Morgan fingerprint density at radius 2 is 1.94 bits per heavy atom. The van der Waals surface area contributed by atoms with E-state index in [0.29, 0.717) is 31.1 Å². The molecule has 2 amide bonds. The molecule has 34 heavy (non-hydrogen) atoms. The molecule has 2 saturated heterocycles. The second-order valence-corrected chi connectivity index (χ2v) is 10.7. The number of hydrogen-bond acceptors (Lipinski definition) is 5. The summed E-state index contributed by atoms with van der Waals surface area (Å²) in [6, 6.07) is 2.18. The van der Waals surface area contributed by atoms with E-state index in [-0.39, 0.29) is 23.5 Å². The lowest BCUT2D eigenvalue weighted by Crippen LogP contribution is -2.50. The Bertz CT molecular complexity index is 993. The number of pyridine rings is 1. The highest BCUT2D eigenvalue weighted by Gasteiger charge is 2.51. The van der Waals surface area contributed by atoms with Gasteiger partial charge in [-0.3, -0.25) is 4.79 Å². The van der Waals surface area contributed by atoms with Gasteiger partial charge in [-0.15, -0.1) is 0 Å². The minimum atomic E-state index is -0.901. The highest BCUT2D eigenvalue weighted by Crippen LogP contribution is 2.44. The van der Waals surface area contributed by atoms with E-state index >= 15 is 0 Å². The molecule has 9 heteroatoms. The highest BCUT2D eigenvalue weighted by molar-refractivity contribution is 6.33. The first-order valence-corrected chi connectivity index (χ1v) is 12.8. The van der Waals surface area contributed by atoms with Crippen LogP contribution in [0.3, 0.4) is 0 Å². The summed E-state index contributed by atoms with van der Waals surface area (Å²) in [6.45, 7) is 3.10. The molecule has 5 rings (SSSR count). The fourth-order valence-corrected chi connectivity index (χ4v) is 6.49. The van der Waals surface area contributed by atoms with Crippen LogP contribution in [-0.2, 0) is 4.79 Å². The smallest absolute Gasteiger partial charge is 0.407 e. The largest absolute Gasteiger partial charge is 0.465 e. The average Bonchev–Trinajstić information content (AvgIpc) is 3.14. The number of aliphatic hydroxyl groups excluding tert-OH is 1. The second kappa shape index (κ2) is 9.38.